The van der Waals surface area contributed by atoms with Crippen molar-refractivity contribution in [2.75, 3.05) is 19.7 Å². The summed E-state index contributed by atoms with van der Waals surface area (Å²) in [4.78, 5) is 14.0. The molecule has 1 aromatic rings. The van der Waals surface area contributed by atoms with Crippen LogP contribution in [0.3, 0.4) is 0 Å². The van der Waals surface area contributed by atoms with Gasteiger partial charge in [-0.25, -0.2) is 0 Å². The van der Waals surface area contributed by atoms with Gasteiger partial charge in [-0.15, -0.1) is 0 Å². The predicted octanol–water partition coefficient (Wildman–Crippen LogP) is 1.85. The lowest BCUT2D eigenvalue weighted by atomic mass is 10.0. The van der Waals surface area contributed by atoms with E-state index in [-0.39, 0.29) is 12.0 Å². The van der Waals surface area contributed by atoms with Gasteiger partial charge in [-0.2, -0.15) is 0 Å². The molecule has 2 N–H and O–H groups in total. The molecule has 0 saturated carbocycles. The Bertz CT molecular complexity index is 468. The van der Waals surface area contributed by atoms with Gasteiger partial charge in [0.25, 0.3) is 0 Å². The summed E-state index contributed by atoms with van der Waals surface area (Å²) in [6, 6.07) is 7.70. The minimum absolute atomic E-state index is 0.0104. The average Bonchev–Trinajstić information content (AvgIpc) is 2.40. The smallest absolute Gasteiger partial charge is 0.242 e. The van der Waals surface area contributed by atoms with E-state index >= 15 is 0 Å². The van der Waals surface area contributed by atoms with E-state index in [0.29, 0.717) is 19.7 Å². The summed E-state index contributed by atoms with van der Waals surface area (Å²) in [5.41, 5.74) is 6.20. The number of benzene rings is 1. The molecule has 1 atom stereocenters. The highest BCUT2D eigenvalue weighted by molar-refractivity contribution is 6.30. The average molecular weight is 297 g/mol. The van der Waals surface area contributed by atoms with E-state index in [1.165, 1.54) is 0 Å². The minimum atomic E-state index is -0.831. The van der Waals surface area contributed by atoms with Crippen LogP contribution in [-0.4, -0.2) is 42.1 Å². The first-order valence-corrected chi connectivity index (χ1v) is 7.18. The van der Waals surface area contributed by atoms with Crippen molar-refractivity contribution in [1.29, 1.82) is 0 Å². The molecule has 1 aliphatic heterocycles. The molecule has 1 aliphatic rings. The first kappa shape index (κ1) is 15.3. The van der Waals surface area contributed by atoms with E-state index in [4.69, 9.17) is 22.1 Å². The van der Waals surface area contributed by atoms with Gasteiger partial charge in [-0.3, -0.25) is 4.79 Å². The van der Waals surface area contributed by atoms with Crippen molar-refractivity contribution in [1.82, 2.24) is 4.90 Å². The highest BCUT2D eigenvalue weighted by Gasteiger charge is 2.31. The lowest BCUT2D eigenvalue weighted by Crippen LogP contribution is -2.56. The van der Waals surface area contributed by atoms with Crippen LogP contribution in [0.15, 0.2) is 24.3 Å². The van der Waals surface area contributed by atoms with Gasteiger partial charge in [0, 0.05) is 24.5 Å². The van der Waals surface area contributed by atoms with Gasteiger partial charge in [0.15, 0.2) is 0 Å². The highest BCUT2D eigenvalue weighted by Crippen LogP contribution is 2.16. The molecule has 110 valence electrons. The molecule has 20 heavy (non-hydrogen) atoms. The first-order valence-electron chi connectivity index (χ1n) is 6.80. The molecule has 1 fully saturated rings. The second kappa shape index (κ2) is 6.12. The summed E-state index contributed by atoms with van der Waals surface area (Å²) in [6.45, 7) is 5.22. The van der Waals surface area contributed by atoms with Gasteiger partial charge in [-0.1, -0.05) is 23.7 Å². The van der Waals surface area contributed by atoms with Crippen LogP contribution in [0.4, 0.5) is 0 Å². The molecule has 0 spiro atoms. The zero-order chi connectivity index (χ0) is 14.8. The van der Waals surface area contributed by atoms with Crippen LogP contribution in [0.25, 0.3) is 0 Å². The molecule has 0 radical (unpaired) electrons. The van der Waals surface area contributed by atoms with Gasteiger partial charge in [0.1, 0.15) is 0 Å². The molecule has 1 saturated heterocycles. The lowest BCUT2D eigenvalue weighted by molar-refractivity contribution is -0.143. The molecule has 1 aromatic carbocycles. The Labute approximate surface area is 124 Å². The number of hydrogen-bond donors (Lipinski definition) is 1. The van der Waals surface area contributed by atoms with Crippen molar-refractivity contribution in [2.24, 2.45) is 5.73 Å². The maximum Gasteiger partial charge on any atom is 0.242 e. The third-order valence-electron chi connectivity index (χ3n) is 3.35. The van der Waals surface area contributed by atoms with Gasteiger partial charge >= 0.3 is 0 Å². The molecule has 0 aliphatic carbocycles. The summed E-state index contributed by atoms with van der Waals surface area (Å²) in [7, 11) is 0. The van der Waals surface area contributed by atoms with Crippen LogP contribution in [0, 0.1) is 0 Å². The van der Waals surface area contributed by atoms with E-state index in [2.05, 4.69) is 0 Å². The number of carbonyl (C=O) groups excluding carboxylic acids is 1. The summed E-state index contributed by atoms with van der Waals surface area (Å²) in [5.74, 6) is -0.0260. The Kier molecular flexibility index (Phi) is 4.68. The molecular formula is C15H21ClN2O2. The standard InChI is InChI=1S/C15H21ClN2O2/c1-15(2,17)14(19)18-7-8-20-13(10-18)9-11-3-5-12(16)6-4-11/h3-6,13H,7-10,17H2,1-2H3. The quantitative estimate of drug-likeness (QED) is 0.926. The Balaban J connectivity index is 1.97. The van der Waals surface area contributed by atoms with Gasteiger partial charge < -0.3 is 15.4 Å². The van der Waals surface area contributed by atoms with E-state index in [1.54, 1.807) is 18.7 Å². The van der Waals surface area contributed by atoms with Gasteiger partial charge in [0.2, 0.25) is 5.91 Å². The molecule has 0 bridgehead atoms. The van der Waals surface area contributed by atoms with Crippen molar-refractivity contribution in [3.8, 4) is 0 Å². The van der Waals surface area contributed by atoms with Crippen molar-refractivity contribution >= 4 is 17.5 Å². The Morgan fingerprint density at radius 2 is 2.10 bits per heavy atom. The SMILES string of the molecule is CC(C)(N)C(=O)N1CCOC(Cc2ccc(Cl)cc2)C1. The van der Waals surface area contributed by atoms with Crippen molar-refractivity contribution in [2.45, 2.75) is 31.9 Å². The molecule has 0 aromatic heterocycles. The van der Waals surface area contributed by atoms with Crippen LogP contribution in [0.5, 0.6) is 0 Å². The summed E-state index contributed by atoms with van der Waals surface area (Å²) in [6.07, 6.45) is 0.780. The third-order valence-corrected chi connectivity index (χ3v) is 3.61. The van der Waals surface area contributed by atoms with E-state index in [0.717, 1.165) is 17.0 Å². The molecule has 5 heteroatoms. The number of hydrogen-bond acceptors (Lipinski definition) is 3. The number of halogens is 1. The zero-order valence-corrected chi connectivity index (χ0v) is 12.7. The molecule has 1 unspecified atom stereocenters. The fourth-order valence-electron chi connectivity index (χ4n) is 2.32. The topological polar surface area (TPSA) is 55.6 Å². The Morgan fingerprint density at radius 3 is 2.70 bits per heavy atom. The third kappa shape index (κ3) is 3.95. The van der Waals surface area contributed by atoms with Crippen molar-refractivity contribution in [3.05, 3.63) is 34.9 Å². The summed E-state index contributed by atoms with van der Waals surface area (Å²) >= 11 is 5.87. The number of carbonyl (C=O) groups is 1. The molecule has 1 heterocycles. The van der Waals surface area contributed by atoms with Crippen molar-refractivity contribution < 1.29 is 9.53 Å². The number of rotatable bonds is 3. The number of amides is 1. The number of nitrogens with two attached hydrogens (primary N) is 1. The number of nitrogens with zero attached hydrogens (tertiary/aromatic N) is 1. The zero-order valence-electron chi connectivity index (χ0n) is 11.9. The van der Waals surface area contributed by atoms with Crippen LogP contribution in [-0.2, 0) is 16.0 Å². The Morgan fingerprint density at radius 1 is 1.45 bits per heavy atom. The predicted molar refractivity (Wildman–Crippen MR) is 79.7 cm³/mol. The first-order chi connectivity index (χ1) is 9.36. The van der Waals surface area contributed by atoms with Crippen LogP contribution < -0.4 is 5.73 Å². The minimum Gasteiger partial charge on any atom is -0.374 e. The molecule has 4 nitrogen and oxygen atoms in total. The maximum atomic E-state index is 12.2. The summed E-state index contributed by atoms with van der Waals surface area (Å²) < 4.78 is 5.74. The summed E-state index contributed by atoms with van der Waals surface area (Å²) in [5, 5.41) is 0.722. The van der Waals surface area contributed by atoms with Gasteiger partial charge in [-0.05, 0) is 31.5 Å². The second-order valence-electron chi connectivity index (χ2n) is 5.80. The fourth-order valence-corrected chi connectivity index (χ4v) is 2.44. The van der Waals surface area contributed by atoms with Crippen LogP contribution >= 0.6 is 11.6 Å². The van der Waals surface area contributed by atoms with E-state index in [9.17, 15) is 4.79 Å². The van der Waals surface area contributed by atoms with E-state index < -0.39 is 5.54 Å². The highest BCUT2D eigenvalue weighted by atomic mass is 35.5. The largest absolute Gasteiger partial charge is 0.374 e. The number of morpholine rings is 1. The lowest BCUT2D eigenvalue weighted by Gasteiger charge is -2.36. The second-order valence-corrected chi connectivity index (χ2v) is 6.23. The Hall–Kier alpha value is -1.10. The molecule has 1 amide bonds. The van der Waals surface area contributed by atoms with Crippen LogP contribution in [0.1, 0.15) is 19.4 Å². The van der Waals surface area contributed by atoms with Crippen molar-refractivity contribution in [3.63, 3.8) is 0 Å². The molecule has 2 rings (SSSR count). The monoisotopic (exact) mass is 296 g/mol. The normalized spacial score (nSPS) is 20.0. The molecular weight excluding hydrogens is 276 g/mol. The number of ether oxygens (including phenoxy) is 1. The van der Waals surface area contributed by atoms with Crippen LogP contribution in [0.2, 0.25) is 5.02 Å². The van der Waals surface area contributed by atoms with Gasteiger partial charge in [0.05, 0.1) is 18.2 Å². The van der Waals surface area contributed by atoms with E-state index in [1.807, 2.05) is 24.3 Å². The maximum absolute atomic E-state index is 12.2. The fraction of sp³-hybridized carbons (Fsp3) is 0.533.